The standard InChI is InChI=1S/C14H13ClOS/c15-10-6-4-9(5-7-10)14-8-11-12(16)2-1-3-13(11)17-14/h4-7,14H,1-3,8H2. The second-order valence-corrected chi connectivity index (χ2v) is 6.27. The molecule has 3 heteroatoms. The lowest BCUT2D eigenvalue weighted by Gasteiger charge is -2.10. The molecule has 1 aromatic carbocycles. The Kier molecular flexibility index (Phi) is 3.01. The predicted molar refractivity (Wildman–Crippen MR) is 72.3 cm³/mol. The summed E-state index contributed by atoms with van der Waals surface area (Å²) in [4.78, 5) is 13.1. The Hall–Kier alpha value is -0.730. The fourth-order valence-corrected chi connectivity index (χ4v) is 4.10. The summed E-state index contributed by atoms with van der Waals surface area (Å²) in [5.74, 6) is 0.371. The summed E-state index contributed by atoms with van der Waals surface area (Å²) in [5.41, 5.74) is 2.38. The number of rotatable bonds is 1. The van der Waals surface area contributed by atoms with Crippen LogP contribution in [0.1, 0.15) is 36.5 Å². The van der Waals surface area contributed by atoms with E-state index in [1.165, 1.54) is 10.5 Å². The van der Waals surface area contributed by atoms with Gasteiger partial charge >= 0.3 is 0 Å². The molecule has 0 radical (unpaired) electrons. The number of benzene rings is 1. The van der Waals surface area contributed by atoms with Crippen molar-refractivity contribution in [3.05, 3.63) is 45.3 Å². The van der Waals surface area contributed by atoms with E-state index < -0.39 is 0 Å². The van der Waals surface area contributed by atoms with Crippen LogP contribution in [0.4, 0.5) is 0 Å². The lowest BCUT2D eigenvalue weighted by Crippen LogP contribution is -2.07. The molecule has 0 aromatic heterocycles. The Balaban J connectivity index is 1.82. The van der Waals surface area contributed by atoms with E-state index in [-0.39, 0.29) is 0 Å². The van der Waals surface area contributed by atoms with Gasteiger partial charge in [0.1, 0.15) is 0 Å². The topological polar surface area (TPSA) is 17.1 Å². The second-order valence-electron chi connectivity index (χ2n) is 4.54. The SMILES string of the molecule is O=C1CCCC2=C1CC(c1ccc(Cl)cc1)S2. The average molecular weight is 265 g/mol. The van der Waals surface area contributed by atoms with Gasteiger partial charge in [-0.3, -0.25) is 4.79 Å². The lowest BCUT2D eigenvalue weighted by atomic mass is 9.93. The molecule has 1 aromatic rings. The molecular formula is C14H13ClOS. The van der Waals surface area contributed by atoms with Gasteiger partial charge < -0.3 is 0 Å². The normalized spacial score (nSPS) is 24.1. The number of carbonyl (C=O) groups is 1. The molecule has 17 heavy (non-hydrogen) atoms. The summed E-state index contributed by atoms with van der Waals surface area (Å²) in [6, 6.07) is 8.00. The zero-order valence-corrected chi connectivity index (χ0v) is 11.0. The molecule has 1 heterocycles. The van der Waals surface area contributed by atoms with Crippen LogP contribution < -0.4 is 0 Å². The Bertz CT molecular complexity index is 489. The van der Waals surface area contributed by atoms with Gasteiger partial charge in [0.25, 0.3) is 0 Å². The zero-order valence-electron chi connectivity index (χ0n) is 9.41. The van der Waals surface area contributed by atoms with Gasteiger partial charge in [-0.25, -0.2) is 0 Å². The monoisotopic (exact) mass is 264 g/mol. The quantitative estimate of drug-likeness (QED) is 0.742. The van der Waals surface area contributed by atoms with Crippen molar-refractivity contribution >= 4 is 29.1 Å². The maximum Gasteiger partial charge on any atom is 0.159 e. The van der Waals surface area contributed by atoms with Crippen LogP contribution >= 0.6 is 23.4 Å². The molecule has 0 fully saturated rings. The molecular weight excluding hydrogens is 252 g/mol. The maximum absolute atomic E-state index is 11.8. The Morgan fingerprint density at radius 2 is 1.94 bits per heavy atom. The molecule has 0 amide bonds. The van der Waals surface area contributed by atoms with E-state index in [1.807, 2.05) is 23.9 Å². The Morgan fingerprint density at radius 1 is 1.18 bits per heavy atom. The van der Waals surface area contributed by atoms with Crippen molar-refractivity contribution in [1.82, 2.24) is 0 Å². The lowest BCUT2D eigenvalue weighted by molar-refractivity contribution is -0.116. The van der Waals surface area contributed by atoms with E-state index in [1.54, 1.807) is 0 Å². The summed E-state index contributed by atoms with van der Waals surface area (Å²) in [6.45, 7) is 0. The number of hydrogen-bond donors (Lipinski definition) is 0. The second kappa shape index (κ2) is 4.51. The maximum atomic E-state index is 11.8. The van der Waals surface area contributed by atoms with Crippen LogP contribution in [0.5, 0.6) is 0 Å². The van der Waals surface area contributed by atoms with Gasteiger partial charge in [0.05, 0.1) is 0 Å². The molecule has 0 spiro atoms. The summed E-state index contributed by atoms with van der Waals surface area (Å²) >= 11 is 7.77. The summed E-state index contributed by atoms with van der Waals surface area (Å²) < 4.78 is 0. The number of thioether (sulfide) groups is 1. The van der Waals surface area contributed by atoms with Gasteiger partial charge in [-0.05, 0) is 41.9 Å². The van der Waals surface area contributed by atoms with Gasteiger partial charge in [-0.1, -0.05) is 23.7 Å². The molecule has 0 bridgehead atoms. The molecule has 1 aliphatic carbocycles. The molecule has 2 aliphatic rings. The van der Waals surface area contributed by atoms with Crippen LogP contribution in [0.2, 0.25) is 5.02 Å². The van der Waals surface area contributed by atoms with Crippen molar-refractivity contribution in [3.63, 3.8) is 0 Å². The Labute approximate surface area is 110 Å². The van der Waals surface area contributed by atoms with Crippen LogP contribution in [0.25, 0.3) is 0 Å². The highest BCUT2D eigenvalue weighted by atomic mass is 35.5. The minimum Gasteiger partial charge on any atom is -0.295 e. The fraction of sp³-hybridized carbons (Fsp3) is 0.357. The van der Waals surface area contributed by atoms with Crippen LogP contribution in [0, 0.1) is 0 Å². The first kappa shape index (κ1) is 11.4. The van der Waals surface area contributed by atoms with E-state index in [9.17, 15) is 4.79 Å². The van der Waals surface area contributed by atoms with E-state index in [0.29, 0.717) is 11.0 Å². The fourth-order valence-electron chi connectivity index (χ4n) is 2.49. The minimum atomic E-state index is 0.371. The molecule has 0 saturated carbocycles. The van der Waals surface area contributed by atoms with E-state index in [2.05, 4.69) is 12.1 Å². The number of ketones is 1. The first-order chi connectivity index (χ1) is 8.24. The van der Waals surface area contributed by atoms with Crippen molar-refractivity contribution in [2.75, 3.05) is 0 Å². The van der Waals surface area contributed by atoms with Gasteiger partial charge in [-0.2, -0.15) is 0 Å². The van der Waals surface area contributed by atoms with Gasteiger partial charge in [0.15, 0.2) is 5.78 Å². The first-order valence-electron chi connectivity index (χ1n) is 5.91. The molecule has 1 aliphatic heterocycles. The van der Waals surface area contributed by atoms with Crippen LogP contribution in [-0.4, -0.2) is 5.78 Å². The first-order valence-corrected chi connectivity index (χ1v) is 7.17. The van der Waals surface area contributed by atoms with Crippen molar-refractivity contribution in [2.24, 2.45) is 0 Å². The number of hydrogen-bond acceptors (Lipinski definition) is 2. The van der Waals surface area contributed by atoms with Gasteiger partial charge in [-0.15, -0.1) is 11.8 Å². The highest BCUT2D eigenvalue weighted by molar-refractivity contribution is 8.03. The Morgan fingerprint density at radius 3 is 2.65 bits per heavy atom. The number of Topliss-reactive ketones (excluding diaryl/α,β-unsaturated/α-hetero) is 1. The molecule has 3 rings (SSSR count). The summed E-state index contributed by atoms with van der Waals surface area (Å²) in [6.07, 6.45) is 3.76. The van der Waals surface area contributed by atoms with Gasteiger partial charge in [0.2, 0.25) is 0 Å². The molecule has 1 unspecified atom stereocenters. The van der Waals surface area contributed by atoms with Crippen LogP contribution in [0.15, 0.2) is 34.7 Å². The van der Waals surface area contributed by atoms with E-state index in [0.717, 1.165) is 36.3 Å². The van der Waals surface area contributed by atoms with Crippen LogP contribution in [0.3, 0.4) is 0 Å². The third-order valence-electron chi connectivity index (χ3n) is 3.40. The smallest absolute Gasteiger partial charge is 0.159 e. The number of halogens is 1. The van der Waals surface area contributed by atoms with Crippen molar-refractivity contribution < 1.29 is 4.79 Å². The largest absolute Gasteiger partial charge is 0.295 e. The average Bonchev–Trinajstić information content (AvgIpc) is 2.75. The molecule has 0 saturated heterocycles. The summed E-state index contributed by atoms with van der Waals surface area (Å²) in [7, 11) is 0. The third-order valence-corrected chi connectivity index (χ3v) is 5.11. The van der Waals surface area contributed by atoms with Crippen molar-refractivity contribution in [2.45, 2.75) is 30.9 Å². The highest BCUT2D eigenvalue weighted by Gasteiger charge is 2.31. The van der Waals surface area contributed by atoms with E-state index in [4.69, 9.17) is 11.6 Å². The highest BCUT2D eigenvalue weighted by Crippen LogP contribution is 2.51. The third kappa shape index (κ3) is 2.16. The number of carbonyl (C=O) groups excluding carboxylic acids is 1. The van der Waals surface area contributed by atoms with E-state index >= 15 is 0 Å². The van der Waals surface area contributed by atoms with Crippen molar-refractivity contribution in [1.29, 1.82) is 0 Å². The minimum absolute atomic E-state index is 0.371. The van der Waals surface area contributed by atoms with Gasteiger partial charge in [0, 0.05) is 22.3 Å². The molecule has 88 valence electrons. The zero-order chi connectivity index (χ0) is 11.8. The summed E-state index contributed by atoms with van der Waals surface area (Å²) in [5, 5.41) is 1.19. The molecule has 1 atom stereocenters. The van der Waals surface area contributed by atoms with Crippen LogP contribution in [-0.2, 0) is 4.79 Å². The molecule has 1 nitrogen and oxygen atoms in total. The number of allylic oxidation sites excluding steroid dienone is 2. The van der Waals surface area contributed by atoms with Crippen molar-refractivity contribution in [3.8, 4) is 0 Å². The molecule has 0 N–H and O–H groups in total. The predicted octanol–water partition coefficient (Wildman–Crippen LogP) is 4.53.